The fraction of sp³-hybridized carbons (Fsp3) is 0.522. The monoisotopic (exact) mass is 550 g/mol. The molecule has 12 heteroatoms. The lowest BCUT2D eigenvalue weighted by Gasteiger charge is -2.41. The van der Waals surface area contributed by atoms with Crippen molar-refractivity contribution in [1.29, 1.82) is 0 Å². The van der Waals surface area contributed by atoms with E-state index in [9.17, 15) is 14.4 Å². The van der Waals surface area contributed by atoms with Crippen molar-refractivity contribution in [2.45, 2.75) is 61.9 Å². The van der Waals surface area contributed by atoms with Crippen LogP contribution < -0.4 is 0 Å². The minimum Gasteiger partial charge on any atom is -0.460 e. The number of carbonyl (C=O) groups is 3. The molecule has 2 atom stereocenters. The summed E-state index contributed by atoms with van der Waals surface area (Å²) in [4.78, 5) is 45.4. The van der Waals surface area contributed by atoms with Gasteiger partial charge in [0.15, 0.2) is 0 Å². The predicted molar refractivity (Wildman–Crippen MR) is 131 cm³/mol. The van der Waals surface area contributed by atoms with Gasteiger partial charge in [-0.2, -0.15) is 5.06 Å². The highest BCUT2D eigenvalue weighted by molar-refractivity contribution is 6.66. The third-order valence-electron chi connectivity index (χ3n) is 4.73. The maximum Gasteiger partial charge on any atom is 0.437 e. The Morgan fingerprint density at radius 2 is 1.77 bits per heavy atom. The van der Waals surface area contributed by atoms with Crippen molar-refractivity contribution in [2.24, 2.45) is 0 Å². The Morgan fingerprint density at radius 3 is 2.34 bits per heavy atom. The molecule has 1 aromatic carbocycles. The first-order valence-electron chi connectivity index (χ1n) is 10.8. The Kier molecular flexibility index (Phi) is 10.5. The number of benzene rings is 1. The molecule has 194 valence electrons. The van der Waals surface area contributed by atoms with E-state index in [1.54, 1.807) is 32.9 Å². The van der Waals surface area contributed by atoms with Gasteiger partial charge in [0, 0.05) is 6.54 Å². The van der Waals surface area contributed by atoms with Gasteiger partial charge in [-0.05, 0) is 74.0 Å². The summed E-state index contributed by atoms with van der Waals surface area (Å²) < 4.78 is 13.2. The number of piperidine rings is 1. The molecule has 9 nitrogen and oxygen atoms in total. The summed E-state index contributed by atoms with van der Waals surface area (Å²) in [7, 11) is 0. The molecule has 0 aromatic heterocycles. The van der Waals surface area contributed by atoms with Crippen molar-refractivity contribution in [3.05, 3.63) is 48.6 Å². The number of likely N-dealkylation sites (tertiary alicyclic amines) is 1. The van der Waals surface area contributed by atoms with Gasteiger partial charge in [0.1, 0.15) is 24.9 Å². The van der Waals surface area contributed by atoms with Gasteiger partial charge in [0.25, 0.3) is 0 Å². The molecule has 0 unspecified atom stereocenters. The molecule has 1 aliphatic rings. The van der Waals surface area contributed by atoms with Gasteiger partial charge in [-0.1, -0.05) is 43.0 Å². The summed E-state index contributed by atoms with van der Waals surface area (Å²) in [6.45, 7) is 8.49. The van der Waals surface area contributed by atoms with E-state index >= 15 is 0 Å². The smallest absolute Gasteiger partial charge is 0.437 e. The molecule has 0 aliphatic carbocycles. The number of carbonyl (C=O) groups excluding carboxylic acids is 3. The standard InChI is InChI=1S/C23H29Cl3N2O7/c1-5-13-32-19(29)18-12-11-17(14-27(18)20(30)34-22(2,3)4)28(21(31)35-23(24,25)26)33-15-16-9-7-6-8-10-16/h5-10,17-18H,1,11-15H2,2-4H3/t17-,18+/m1/s1. The first-order valence-corrected chi connectivity index (χ1v) is 12.0. The molecule has 1 aliphatic heterocycles. The normalized spacial score (nSPS) is 18.4. The molecule has 1 heterocycles. The van der Waals surface area contributed by atoms with E-state index in [1.165, 1.54) is 11.0 Å². The van der Waals surface area contributed by atoms with E-state index in [-0.39, 0.29) is 32.6 Å². The van der Waals surface area contributed by atoms with Gasteiger partial charge >= 0.3 is 22.1 Å². The average molecular weight is 552 g/mol. The second kappa shape index (κ2) is 12.7. The summed E-state index contributed by atoms with van der Waals surface area (Å²) in [6.07, 6.45) is 0.0271. The molecular formula is C23H29Cl3N2O7. The van der Waals surface area contributed by atoms with E-state index in [1.807, 2.05) is 18.2 Å². The number of amides is 2. The van der Waals surface area contributed by atoms with E-state index < -0.39 is 39.8 Å². The summed E-state index contributed by atoms with van der Waals surface area (Å²) in [6, 6.07) is 7.40. The lowest BCUT2D eigenvalue weighted by Crippen LogP contribution is -2.58. The Hall–Kier alpha value is -2.20. The molecule has 0 saturated carbocycles. The lowest BCUT2D eigenvalue weighted by atomic mass is 9.98. The Morgan fingerprint density at radius 1 is 1.11 bits per heavy atom. The minimum atomic E-state index is -2.33. The molecule has 2 rings (SSSR count). The number of halogens is 3. The van der Waals surface area contributed by atoms with Crippen LogP contribution in [0.25, 0.3) is 0 Å². The number of nitrogens with zero attached hydrogens (tertiary/aromatic N) is 2. The predicted octanol–water partition coefficient (Wildman–Crippen LogP) is 5.38. The molecule has 0 N–H and O–H groups in total. The van der Waals surface area contributed by atoms with Gasteiger partial charge in [-0.25, -0.2) is 14.4 Å². The van der Waals surface area contributed by atoms with E-state index in [2.05, 4.69) is 6.58 Å². The summed E-state index contributed by atoms with van der Waals surface area (Å²) in [5.41, 5.74) is -0.0535. The van der Waals surface area contributed by atoms with Crippen LogP contribution >= 0.6 is 34.8 Å². The van der Waals surface area contributed by atoms with E-state index in [0.29, 0.717) is 0 Å². The maximum absolute atomic E-state index is 13.0. The summed E-state index contributed by atoms with van der Waals surface area (Å²) >= 11 is 16.9. The molecule has 0 spiro atoms. The number of ether oxygens (including phenoxy) is 3. The van der Waals surface area contributed by atoms with Gasteiger partial charge < -0.3 is 14.2 Å². The van der Waals surface area contributed by atoms with Crippen LogP contribution in [0.15, 0.2) is 43.0 Å². The molecule has 1 aromatic rings. The van der Waals surface area contributed by atoms with Gasteiger partial charge in [-0.3, -0.25) is 9.74 Å². The minimum absolute atomic E-state index is 0.00351. The fourth-order valence-electron chi connectivity index (χ4n) is 3.32. The van der Waals surface area contributed by atoms with Crippen LogP contribution in [0, 0.1) is 0 Å². The van der Waals surface area contributed by atoms with Crippen LogP contribution in [-0.2, 0) is 30.4 Å². The second-order valence-corrected chi connectivity index (χ2v) is 10.9. The molecule has 35 heavy (non-hydrogen) atoms. The Bertz CT molecular complexity index is 887. The van der Waals surface area contributed by atoms with Crippen molar-refractivity contribution in [1.82, 2.24) is 9.96 Å². The molecule has 0 radical (unpaired) electrons. The molecule has 0 bridgehead atoms. The Labute approximate surface area is 219 Å². The highest BCUT2D eigenvalue weighted by Gasteiger charge is 2.43. The van der Waals surface area contributed by atoms with E-state index in [0.717, 1.165) is 10.6 Å². The fourth-order valence-corrected chi connectivity index (χ4v) is 3.52. The number of esters is 1. The molecule has 1 fully saturated rings. The second-order valence-electron chi connectivity index (χ2n) is 8.70. The first-order chi connectivity index (χ1) is 16.3. The van der Waals surface area contributed by atoms with Crippen LogP contribution in [0.1, 0.15) is 39.2 Å². The van der Waals surface area contributed by atoms with Crippen molar-refractivity contribution < 1.29 is 33.4 Å². The highest BCUT2D eigenvalue weighted by Crippen LogP contribution is 2.31. The number of alkyl halides is 3. The highest BCUT2D eigenvalue weighted by atomic mass is 35.6. The number of hydrogen-bond acceptors (Lipinski definition) is 7. The van der Waals surface area contributed by atoms with Gasteiger partial charge in [0.05, 0.1) is 6.04 Å². The summed E-state index contributed by atoms with van der Waals surface area (Å²) in [5.74, 6) is -0.616. The van der Waals surface area contributed by atoms with Crippen LogP contribution in [0.5, 0.6) is 0 Å². The van der Waals surface area contributed by atoms with Crippen molar-refractivity contribution >= 4 is 53.0 Å². The zero-order chi connectivity index (χ0) is 26.2. The van der Waals surface area contributed by atoms with Crippen LogP contribution in [0.3, 0.4) is 0 Å². The van der Waals surface area contributed by atoms with Crippen molar-refractivity contribution in [3.8, 4) is 0 Å². The number of hydroxylamine groups is 2. The van der Waals surface area contributed by atoms with Crippen LogP contribution in [0.2, 0.25) is 0 Å². The van der Waals surface area contributed by atoms with Crippen molar-refractivity contribution in [2.75, 3.05) is 13.2 Å². The molecule has 1 saturated heterocycles. The van der Waals surface area contributed by atoms with Crippen LogP contribution in [0.4, 0.5) is 9.59 Å². The SMILES string of the molecule is C=CCOC(=O)[C@@H]1CC[C@@H](N(OCc2ccccc2)C(=O)OC(Cl)(Cl)Cl)CN1C(=O)OC(C)(C)C. The topological polar surface area (TPSA) is 94.6 Å². The first kappa shape index (κ1) is 29.0. The van der Waals surface area contributed by atoms with Crippen LogP contribution in [-0.4, -0.2) is 62.9 Å². The zero-order valence-electron chi connectivity index (χ0n) is 19.7. The number of rotatable bonds is 7. The van der Waals surface area contributed by atoms with Gasteiger partial charge in [0.2, 0.25) is 0 Å². The molecule has 2 amide bonds. The van der Waals surface area contributed by atoms with Gasteiger partial charge in [-0.15, -0.1) is 0 Å². The molecular weight excluding hydrogens is 523 g/mol. The maximum atomic E-state index is 13.0. The quantitative estimate of drug-likeness (QED) is 0.148. The third kappa shape index (κ3) is 9.76. The average Bonchev–Trinajstić information content (AvgIpc) is 2.76. The Balaban J connectivity index is 2.28. The summed E-state index contributed by atoms with van der Waals surface area (Å²) in [5, 5.41) is 0.914. The largest absolute Gasteiger partial charge is 0.460 e. The third-order valence-corrected chi connectivity index (χ3v) is 4.96. The number of hydrogen-bond donors (Lipinski definition) is 0. The van der Waals surface area contributed by atoms with Crippen molar-refractivity contribution in [3.63, 3.8) is 0 Å². The zero-order valence-corrected chi connectivity index (χ0v) is 22.0. The van der Waals surface area contributed by atoms with E-state index in [4.69, 9.17) is 53.9 Å². The lowest BCUT2D eigenvalue weighted by molar-refractivity contribution is -0.185.